The number of carbonyl (C=O) groups is 2. The van der Waals surface area contributed by atoms with Crippen molar-refractivity contribution >= 4 is 29.4 Å². The number of nitrogens with zero attached hydrogens (tertiary/aromatic N) is 2. The first kappa shape index (κ1) is 24.1. The molecule has 1 aromatic heterocycles. The Morgan fingerprint density at radius 2 is 1.85 bits per heavy atom. The van der Waals surface area contributed by atoms with Crippen molar-refractivity contribution in [2.45, 2.75) is 33.0 Å². The second kappa shape index (κ2) is 10.4. The van der Waals surface area contributed by atoms with Gasteiger partial charge >= 0.3 is 11.9 Å². The number of benzene rings is 2. The Morgan fingerprint density at radius 3 is 2.52 bits per heavy atom. The van der Waals surface area contributed by atoms with Gasteiger partial charge in [0, 0.05) is 17.7 Å². The number of methoxy groups -OCH3 is 1. The van der Waals surface area contributed by atoms with Crippen LogP contribution < -0.4 is 4.74 Å². The van der Waals surface area contributed by atoms with E-state index >= 15 is 0 Å². The highest BCUT2D eigenvalue weighted by Gasteiger charge is 2.21. The van der Waals surface area contributed by atoms with Gasteiger partial charge in [0.05, 0.1) is 7.11 Å². The third kappa shape index (κ3) is 6.69. The minimum atomic E-state index is -0.661. The monoisotopic (exact) mass is 470 g/mol. The van der Waals surface area contributed by atoms with E-state index in [0.717, 1.165) is 23.0 Å². The lowest BCUT2D eigenvalue weighted by Gasteiger charge is -2.17. The highest BCUT2D eigenvalue weighted by Crippen LogP contribution is 2.32. The third-order valence-corrected chi connectivity index (χ3v) is 5.08. The average molecular weight is 471 g/mol. The topological polar surface area (TPSA) is 87.6 Å². The number of ether oxygens (including phenoxy) is 3. The smallest absolute Gasteiger partial charge is 0.342 e. The average Bonchev–Trinajstić information content (AvgIpc) is 3.24. The van der Waals surface area contributed by atoms with Gasteiger partial charge in [0.2, 0.25) is 0 Å². The number of rotatable bonds is 7. The van der Waals surface area contributed by atoms with Crippen molar-refractivity contribution in [2.75, 3.05) is 7.11 Å². The number of hydrogen-bond acceptors (Lipinski definition) is 8. The van der Waals surface area contributed by atoms with Crippen molar-refractivity contribution in [2.24, 2.45) is 0 Å². The molecule has 0 fully saturated rings. The maximum Gasteiger partial charge on any atom is 0.342 e. The number of aromatic nitrogens is 2. The van der Waals surface area contributed by atoms with Gasteiger partial charge in [0.1, 0.15) is 34.3 Å². The summed E-state index contributed by atoms with van der Waals surface area (Å²) in [6.45, 7) is 5.35. The lowest BCUT2D eigenvalue weighted by molar-refractivity contribution is -0.148. The van der Waals surface area contributed by atoms with E-state index in [1.165, 1.54) is 25.3 Å². The Morgan fingerprint density at radius 1 is 1.12 bits per heavy atom. The van der Waals surface area contributed by atoms with Gasteiger partial charge in [-0.15, -0.1) is 10.2 Å². The Kier molecular flexibility index (Phi) is 7.55. The molecule has 0 saturated heterocycles. The van der Waals surface area contributed by atoms with Gasteiger partial charge in [0.25, 0.3) is 0 Å². The zero-order valence-electron chi connectivity index (χ0n) is 18.6. The summed E-state index contributed by atoms with van der Waals surface area (Å²) < 4.78 is 30.5. The van der Waals surface area contributed by atoms with Crippen LogP contribution in [-0.2, 0) is 20.9 Å². The highest BCUT2D eigenvalue weighted by atomic mass is 32.1. The molecule has 2 aromatic carbocycles. The molecule has 0 saturated carbocycles. The quantitative estimate of drug-likeness (QED) is 0.352. The van der Waals surface area contributed by atoms with Crippen LogP contribution in [-0.4, -0.2) is 34.8 Å². The number of esters is 2. The van der Waals surface area contributed by atoms with E-state index in [9.17, 15) is 14.0 Å². The van der Waals surface area contributed by atoms with Crippen molar-refractivity contribution in [1.82, 2.24) is 10.2 Å². The van der Waals surface area contributed by atoms with Crippen LogP contribution in [0.3, 0.4) is 0 Å². The van der Waals surface area contributed by atoms with E-state index in [-0.39, 0.29) is 28.5 Å². The fourth-order valence-corrected chi connectivity index (χ4v) is 3.50. The molecule has 0 amide bonds. The summed E-state index contributed by atoms with van der Waals surface area (Å²) in [4.78, 5) is 24.5. The molecule has 0 aliphatic rings. The molecule has 172 valence electrons. The molecule has 0 N–H and O–H groups in total. The summed E-state index contributed by atoms with van der Waals surface area (Å²) in [5, 5.41) is 8.54. The lowest BCUT2D eigenvalue weighted by Crippen LogP contribution is -2.22. The molecule has 33 heavy (non-hydrogen) atoms. The number of halogens is 1. The maximum atomic E-state index is 14.7. The first-order valence-corrected chi connectivity index (χ1v) is 10.8. The standard InChI is InChI=1S/C24H23FN2O5S/c1-24(2,3)32-21(28)11-10-20-26-27-22(33-20)16-12-17(19(30-4)13-18(16)25)23(29)31-14-15-8-6-5-7-9-15/h5-13H,14H2,1-4H3/b11-10+. The van der Waals surface area contributed by atoms with Crippen LogP contribution in [0.4, 0.5) is 4.39 Å². The van der Waals surface area contributed by atoms with E-state index in [4.69, 9.17) is 14.2 Å². The lowest BCUT2D eigenvalue weighted by atomic mass is 10.1. The van der Waals surface area contributed by atoms with Crippen LogP contribution in [0.2, 0.25) is 0 Å². The molecule has 0 aliphatic heterocycles. The summed E-state index contributed by atoms with van der Waals surface area (Å²) in [6, 6.07) is 11.6. The van der Waals surface area contributed by atoms with E-state index in [1.54, 1.807) is 20.8 Å². The predicted molar refractivity (Wildman–Crippen MR) is 122 cm³/mol. The second-order valence-electron chi connectivity index (χ2n) is 7.91. The molecule has 0 aliphatic carbocycles. The van der Waals surface area contributed by atoms with Crippen molar-refractivity contribution in [3.05, 3.63) is 70.5 Å². The Labute approximate surface area is 194 Å². The Hall–Kier alpha value is -3.59. The Bertz CT molecular complexity index is 1170. The van der Waals surface area contributed by atoms with Gasteiger partial charge in [-0.1, -0.05) is 41.7 Å². The van der Waals surface area contributed by atoms with Gasteiger partial charge in [-0.2, -0.15) is 0 Å². The molecule has 1 heterocycles. The minimum Gasteiger partial charge on any atom is -0.496 e. The van der Waals surface area contributed by atoms with Gasteiger partial charge in [0.15, 0.2) is 5.01 Å². The van der Waals surface area contributed by atoms with Crippen molar-refractivity contribution < 1.29 is 28.2 Å². The van der Waals surface area contributed by atoms with Gasteiger partial charge < -0.3 is 14.2 Å². The first-order chi connectivity index (χ1) is 15.7. The normalized spacial score (nSPS) is 11.4. The first-order valence-electron chi connectivity index (χ1n) is 10.00. The molecule has 0 unspecified atom stereocenters. The second-order valence-corrected chi connectivity index (χ2v) is 8.92. The summed E-state index contributed by atoms with van der Waals surface area (Å²) in [5.41, 5.74) is 0.325. The van der Waals surface area contributed by atoms with Gasteiger partial charge in [-0.25, -0.2) is 14.0 Å². The predicted octanol–water partition coefficient (Wildman–Crippen LogP) is 5.06. The summed E-state index contributed by atoms with van der Waals surface area (Å²) in [6.07, 6.45) is 2.66. The van der Waals surface area contributed by atoms with Crippen molar-refractivity contribution in [3.63, 3.8) is 0 Å². The van der Waals surface area contributed by atoms with E-state index < -0.39 is 23.4 Å². The molecule has 9 heteroatoms. The summed E-state index contributed by atoms with van der Waals surface area (Å²) in [7, 11) is 1.34. The molecular weight excluding hydrogens is 447 g/mol. The van der Waals surface area contributed by atoms with Crippen LogP contribution in [0.25, 0.3) is 16.6 Å². The summed E-state index contributed by atoms with van der Waals surface area (Å²) >= 11 is 1.05. The molecule has 0 atom stereocenters. The minimum absolute atomic E-state index is 0.0453. The van der Waals surface area contributed by atoms with E-state index in [2.05, 4.69) is 10.2 Å². The maximum absolute atomic E-state index is 14.7. The molecule has 7 nitrogen and oxygen atoms in total. The van der Waals surface area contributed by atoms with Crippen LogP contribution in [0, 0.1) is 5.82 Å². The number of hydrogen-bond donors (Lipinski definition) is 0. The molecule has 3 aromatic rings. The summed E-state index contributed by atoms with van der Waals surface area (Å²) in [5.74, 6) is -1.78. The Balaban J connectivity index is 1.81. The third-order valence-electron chi connectivity index (χ3n) is 4.16. The van der Waals surface area contributed by atoms with Crippen molar-refractivity contribution in [3.8, 4) is 16.3 Å². The van der Waals surface area contributed by atoms with E-state index in [0.29, 0.717) is 5.01 Å². The van der Waals surface area contributed by atoms with Crippen LogP contribution >= 0.6 is 11.3 Å². The zero-order valence-corrected chi connectivity index (χ0v) is 19.4. The molecule has 0 radical (unpaired) electrons. The largest absolute Gasteiger partial charge is 0.496 e. The van der Waals surface area contributed by atoms with Gasteiger partial charge in [-0.3, -0.25) is 0 Å². The number of carbonyl (C=O) groups excluding carboxylic acids is 2. The van der Waals surface area contributed by atoms with Crippen molar-refractivity contribution in [1.29, 1.82) is 0 Å². The van der Waals surface area contributed by atoms with Gasteiger partial charge in [-0.05, 0) is 38.5 Å². The zero-order chi connectivity index (χ0) is 24.0. The van der Waals surface area contributed by atoms with E-state index in [1.807, 2.05) is 30.3 Å². The fourth-order valence-electron chi connectivity index (χ4n) is 2.73. The molecular formula is C24H23FN2O5S. The SMILES string of the molecule is COc1cc(F)c(-c2nnc(/C=C/C(=O)OC(C)(C)C)s2)cc1C(=O)OCc1ccccc1. The molecule has 0 bridgehead atoms. The highest BCUT2D eigenvalue weighted by molar-refractivity contribution is 7.15. The molecule has 0 spiro atoms. The molecule has 3 rings (SSSR count). The van der Waals surface area contributed by atoms with Crippen LogP contribution in [0.15, 0.2) is 48.5 Å². The fraction of sp³-hybridized carbons (Fsp3) is 0.250. The van der Waals surface area contributed by atoms with Crippen LogP contribution in [0.5, 0.6) is 5.75 Å². The van der Waals surface area contributed by atoms with Crippen LogP contribution in [0.1, 0.15) is 41.7 Å².